The van der Waals surface area contributed by atoms with Crippen molar-refractivity contribution in [1.29, 1.82) is 0 Å². The molecule has 0 unspecified atom stereocenters. The summed E-state index contributed by atoms with van der Waals surface area (Å²) >= 11 is 0. The number of para-hydroxylation sites is 3. The van der Waals surface area contributed by atoms with Gasteiger partial charge in [0.25, 0.3) is 0 Å². The Morgan fingerprint density at radius 3 is 2.63 bits per heavy atom. The number of pyridine rings is 2. The predicted octanol–water partition coefficient (Wildman–Crippen LogP) is 6.86. The smallest absolute Gasteiger partial charge is 0.311 e. The molecule has 0 bridgehead atoms. The van der Waals surface area contributed by atoms with Crippen LogP contribution in [0.5, 0.6) is 5.75 Å². The third kappa shape index (κ3) is 4.13. The Balaban J connectivity index is 1.24. The zero-order chi connectivity index (χ0) is 23.6. The number of aryl methyl sites for hydroxylation is 1. The third-order valence-corrected chi connectivity index (χ3v) is 6.30. The van der Waals surface area contributed by atoms with Gasteiger partial charge in [-0.3, -0.25) is 9.78 Å². The maximum absolute atomic E-state index is 12.7. The average molecular weight is 458 g/mol. The Morgan fingerprint density at radius 2 is 1.66 bits per heavy atom. The molecule has 6 rings (SSSR count). The van der Waals surface area contributed by atoms with Crippen molar-refractivity contribution < 1.29 is 9.53 Å². The molecule has 0 aliphatic rings. The molecule has 0 amide bonds. The molecule has 0 radical (unpaired) electrons. The number of carbonyl (C=O) groups excluding carboxylic acids is 1. The highest BCUT2D eigenvalue weighted by atomic mass is 16.5. The molecule has 0 saturated carbocycles. The summed E-state index contributed by atoms with van der Waals surface area (Å²) in [5.41, 5.74) is 5.80. The molecule has 0 aliphatic heterocycles. The second kappa shape index (κ2) is 9.03. The minimum Gasteiger partial charge on any atom is -0.424 e. The van der Waals surface area contributed by atoms with Crippen LogP contribution in [0.25, 0.3) is 44.1 Å². The number of fused-ring (bicyclic) bond motifs is 3. The zero-order valence-corrected chi connectivity index (χ0v) is 19.1. The minimum absolute atomic E-state index is 0.256. The van der Waals surface area contributed by atoms with Crippen molar-refractivity contribution in [2.45, 2.75) is 19.3 Å². The van der Waals surface area contributed by atoms with Gasteiger partial charge >= 0.3 is 5.97 Å². The van der Waals surface area contributed by atoms with E-state index in [9.17, 15) is 4.79 Å². The number of H-pyrrole nitrogens is 1. The molecule has 35 heavy (non-hydrogen) atoms. The Bertz CT molecular complexity index is 1680. The first-order chi connectivity index (χ1) is 17.3. The molecule has 5 nitrogen and oxygen atoms in total. The molecule has 3 aromatic carbocycles. The van der Waals surface area contributed by atoms with E-state index in [1.165, 1.54) is 5.56 Å². The number of nitrogens with zero attached hydrogens (tertiary/aromatic N) is 2. The molecule has 0 saturated heterocycles. The zero-order valence-electron chi connectivity index (χ0n) is 19.1. The van der Waals surface area contributed by atoms with Crippen LogP contribution in [0.3, 0.4) is 0 Å². The van der Waals surface area contributed by atoms with E-state index in [1.54, 1.807) is 12.3 Å². The molecule has 170 valence electrons. The molecule has 6 aromatic rings. The van der Waals surface area contributed by atoms with E-state index in [4.69, 9.17) is 9.72 Å². The number of benzene rings is 3. The number of aromatic nitrogens is 3. The highest BCUT2D eigenvalue weighted by molar-refractivity contribution is 5.91. The van der Waals surface area contributed by atoms with Gasteiger partial charge in [0.2, 0.25) is 0 Å². The summed E-state index contributed by atoms with van der Waals surface area (Å²) in [5, 5.41) is 3.22. The summed E-state index contributed by atoms with van der Waals surface area (Å²) in [4.78, 5) is 25.5. The highest BCUT2D eigenvalue weighted by Gasteiger charge is 2.16. The molecule has 0 fully saturated rings. The summed E-state index contributed by atoms with van der Waals surface area (Å²) in [7, 11) is 0. The Kier molecular flexibility index (Phi) is 5.43. The van der Waals surface area contributed by atoms with E-state index in [0.717, 1.165) is 45.0 Å². The van der Waals surface area contributed by atoms with Gasteiger partial charge in [0.15, 0.2) is 5.75 Å². The van der Waals surface area contributed by atoms with Crippen molar-refractivity contribution in [2.75, 3.05) is 0 Å². The molecule has 0 atom stereocenters. The van der Waals surface area contributed by atoms with Crippen molar-refractivity contribution >= 4 is 38.7 Å². The number of hydrogen-bond acceptors (Lipinski definition) is 4. The van der Waals surface area contributed by atoms with Gasteiger partial charge < -0.3 is 9.72 Å². The molecule has 1 N–H and O–H groups in total. The average Bonchev–Trinajstić information content (AvgIpc) is 3.27. The fourth-order valence-electron chi connectivity index (χ4n) is 4.63. The summed E-state index contributed by atoms with van der Waals surface area (Å²) in [6.45, 7) is 0. The van der Waals surface area contributed by atoms with Crippen molar-refractivity contribution in [3.8, 4) is 17.1 Å². The first-order valence-corrected chi connectivity index (χ1v) is 11.8. The van der Waals surface area contributed by atoms with Crippen LogP contribution in [0.1, 0.15) is 18.4 Å². The van der Waals surface area contributed by atoms with Crippen molar-refractivity contribution in [2.24, 2.45) is 0 Å². The Morgan fingerprint density at radius 1 is 0.829 bits per heavy atom. The van der Waals surface area contributed by atoms with Crippen LogP contribution in [-0.2, 0) is 11.2 Å². The van der Waals surface area contributed by atoms with Gasteiger partial charge in [0.05, 0.1) is 16.9 Å². The number of carbonyl (C=O) groups is 1. The largest absolute Gasteiger partial charge is 0.424 e. The van der Waals surface area contributed by atoms with E-state index in [0.29, 0.717) is 24.1 Å². The topological polar surface area (TPSA) is 67.9 Å². The molecule has 0 aliphatic carbocycles. The van der Waals surface area contributed by atoms with Gasteiger partial charge in [-0.1, -0.05) is 60.7 Å². The summed E-state index contributed by atoms with van der Waals surface area (Å²) in [6, 6.07) is 30.0. The normalized spacial score (nSPS) is 11.3. The molecular weight excluding hydrogens is 434 g/mol. The molecule has 3 heterocycles. The summed E-state index contributed by atoms with van der Waals surface area (Å²) in [5.74, 6) is 0.245. The molecular formula is C30H23N3O2. The first kappa shape index (κ1) is 21.1. The first-order valence-electron chi connectivity index (χ1n) is 11.8. The molecule has 0 spiro atoms. The maximum Gasteiger partial charge on any atom is 0.311 e. The van der Waals surface area contributed by atoms with Gasteiger partial charge in [-0.25, -0.2) is 4.98 Å². The number of nitrogens with one attached hydrogen (secondary N) is 1. The lowest BCUT2D eigenvalue weighted by Gasteiger charge is -2.08. The second-order valence-electron chi connectivity index (χ2n) is 8.57. The van der Waals surface area contributed by atoms with Crippen molar-refractivity contribution in [3.63, 3.8) is 0 Å². The maximum atomic E-state index is 12.7. The van der Waals surface area contributed by atoms with Gasteiger partial charge in [0.1, 0.15) is 5.52 Å². The fourth-order valence-corrected chi connectivity index (χ4v) is 4.63. The van der Waals surface area contributed by atoms with Gasteiger partial charge in [-0.05, 0) is 48.7 Å². The van der Waals surface area contributed by atoms with Crippen molar-refractivity contribution in [1.82, 2.24) is 15.0 Å². The fraction of sp³-hybridized carbons (Fsp3) is 0.100. The van der Waals surface area contributed by atoms with Crippen LogP contribution >= 0.6 is 0 Å². The lowest BCUT2D eigenvalue weighted by atomic mass is 10.0. The van der Waals surface area contributed by atoms with E-state index < -0.39 is 0 Å². The van der Waals surface area contributed by atoms with E-state index in [2.05, 4.69) is 40.3 Å². The van der Waals surface area contributed by atoms with E-state index in [1.807, 2.05) is 54.6 Å². The Labute approximate surface area is 202 Å². The van der Waals surface area contributed by atoms with E-state index >= 15 is 0 Å². The molecule has 5 heteroatoms. The van der Waals surface area contributed by atoms with Crippen molar-refractivity contribution in [3.05, 3.63) is 103 Å². The Hall–Kier alpha value is -4.51. The van der Waals surface area contributed by atoms with Crippen LogP contribution in [0.15, 0.2) is 97.2 Å². The number of esters is 1. The SMILES string of the molecule is O=C(CCCc1c(-c2ccc3ccccc3n2)[nH]c2ccccc12)Oc1cccc2cccnc12. The van der Waals surface area contributed by atoms with Crippen LogP contribution in [0.2, 0.25) is 0 Å². The standard InChI is InChI=1S/C30H23N3O2/c34-28(35-27-15-5-9-21-10-7-19-31-29(21)27)16-6-12-23-22-11-2-4-14-25(22)33-30(23)26-18-17-20-8-1-3-13-24(20)32-26/h1-5,7-11,13-15,17-19,33H,6,12,16H2. The monoisotopic (exact) mass is 457 g/mol. The quantitative estimate of drug-likeness (QED) is 0.219. The van der Waals surface area contributed by atoms with Gasteiger partial charge in [0, 0.05) is 34.3 Å². The van der Waals surface area contributed by atoms with Gasteiger partial charge in [-0.15, -0.1) is 0 Å². The van der Waals surface area contributed by atoms with Crippen LogP contribution < -0.4 is 4.74 Å². The van der Waals surface area contributed by atoms with Gasteiger partial charge in [-0.2, -0.15) is 0 Å². The van der Waals surface area contributed by atoms with Crippen LogP contribution in [0, 0.1) is 0 Å². The lowest BCUT2D eigenvalue weighted by Crippen LogP contribution is -2.08. The minimum atomic E-state index is -0.256. The molecule has 3 aromatic heterocycles. The van der Waals surface area contributed by atoms with Crippen LogP contribution in [0.4, 0.5) is 0 Å². The second-order valence-corrected chi connectivity index (χ2v) is 8.57. The number of ether oxygens (including phenoxy) is 1. The summed E-state index contributed by atoms with van der Waals surface area (Å²) < 4.78 is 5.68. The predicted molar refractivity (Wildman–Crippen MR) is 139 cm³/mol. The third-order valence-electron chi connectivity index (χ3n) is 6.30. The number of aromatic amines is 1. The summed E-state index contributed by atoms with van der Waals surface area (Å²) in [6.07, 6.45) is 3.42. The van der Waals surface area contributed by atoms with Crippen LogP contribution in [-0.4, -0.2) is 20.9 Å². The number of rotatable bonds is 6. The number of hydrogen-bond donors (Lipinski definition) is 1. The highest BCUT2D eigenvalue weighted by Crippen LogP contribution is 2.32. The lowest BCUT2D eigenvalue weighted by molar-refractivity contribution is -0.134. The van der Waals surface area contributed by atoms with E-state index in [-0.39, 0.29) is 5.97 Å².